The Morgan fingerprint density at radius 2 is 1.65 bits per heavy atom. The van der Waals surface area contributed by atoms with Gasteiger partial charge in [-0.25, -0.2) is 0 Å². The Balaban J connectivity index is 1.83. The average molecular weight is 539 g/mol. The minimum Gasteiger partial charge on any atom is -0.450 e. The number of hydrogen-bond donors (Lipinski definition) is 0. The zero-order valence-corrected chi connectivity index (χ0v) is 20.0. The lowest BCUT2D eigenvalue weighted by Gasteiger charge is -2.26. The number of halogens is 2. The van der Waals surface area contributed by atoms with Gasteiger partial charge in [-0.2, -0.15) is 0 Å². The van der Waals surface area contributed by atoms with Crippen LogP contribution in [0.25, 0.3) is 11.0 Å². The summed E-state index contributed by atoms with van der Waals surface area (Å²) < 4.78 is 7.67. The Morgan fingerprint density at radius 3 is 2.39 bits per heavy atom. The molecule has 0 fully saturated rings. The normalized spacial score (nSPS) is 15.5. The van der Waals surface area contributed by atoms with E-state index in [1.54, 1.807) is 23.1 Å². The topological polar surface area (TPSA) is 50.5 Å². The maximum Gasteiger partial charge on any atom is 0.295 e. The summed E-state index contributed by atoms with van der Waals surface area (Å²) in [5.41, 5.74) is 4.35. The summed E-state index contributed by atoms with van der Waals surface area (Å²) in [4.78, 5) is 28.9. The minimum absolute atomic E-state index is 0.100. The molecule has 4 aromatic rings. The predicted molar refractivity (Wildman–Crippen MR) is 129 cm³/mol. The van der Waals surface area contributed by atoms with Gasteiger partial charge >= 0.3 is 0 Å². The molecule has 1 atom stereocenters. The fourth-order valence-corrected chi connectivity index (χ4v) is 4.86. The van der Waals surface area contributed by atoms with Crippen LogP contribution in [-0.4, -0.2) is 5.91 Å². The van der Waals surface area contributed by atoms with Crippen molar-refractivity contribution in [3.05, 3.63) is 108 Å². The number of hydrogen-bond acceptors (Lipinski definition) is 3. The summed E-state index contributed by atoms with van der Waals surface area (Å²) in [7, 11) is 0. The number of fused-ring (bicyclic) bond motifs is 2. The second-order valence-corrected chi connectivity index (χ2v) is 9.55. The van der Waals surface area contributed by atoms with Gasteiger partial charge in [-0.1, -0.05) is 50.1 Å². The molecule has 154 valence electrons. The fraction of sp³-hybridized carbons (Fsp3) is 0.120. The number of benzene rings is 3. The van der Waals surface area contributed by atoms with Crippen molar-refractivity contribution in [1.29, 1.82) is 0 Å². The van der Waals surface area contributed by atoms with Crippen molar-refractivity contribution in [3.8, 4) is 0 Å². The molecule has 1 aromatic heterocycles. The van der Waals surface area contributed by atoms with E-state index in [2.05, 4.69) is 31.9 Å². The van der Waals surface area contributed by atoms with E-state index in [0.29, 0.717) is 16.5 Å². The van der Waals surface area contributed by atoms with Gasteiger partial charge in [0.1, 0.15) is 5.58 Å². The van der Waals surface area contributed by atoms with Crippen molar-refractivity contribution >= 4 is 54.4 Å². The molecular weight excluding hydrogens is 522 g/mol. The predicted octanol–water partition coefficient (Wildman–Crippen LogP) is 6.68. The van der Waals surface area contributed by atoms with Gasteiger partial charge in [-0.05, 0) is 73.0 Å². The molecule has 3 aromatic carbocycles. The molecule has 6 heteroatoms. The third-order valence-corrected chi connectivity index (χ3v) is 6.75. The summed E-state index contributed by atoms with van der Waals surface area (Å²) in [6.45, 7) is 4.04. The molecule has 5 rings (SSSR count). The van der Waals surface area contributed by atoms with Crippen LogP contribution >= 0.6 is 31.9 Å². The number of anilines is 1. The molecule has 0 N–H and O–H groups in total. The molecular formula is C25H17Br2NO3. The van der Waals surface area contributed by atoms with Gasteiger partial charge in [-0.15, -0.1) is 0 Å². The standard InChI is InChI=1S/C25H17Br2NO3/c1-13-6-8-18(10-14(13)2)28-22(15-4-3-5-16(26)11-15)21-23(29)19-12-17(27)7-9-20(19)31-24(21)25(28)30/h3-12,22H,1-2H3. The first-order valence-electron chi connectivity index (χ1n) is 9.77. The zero-order valence-electron chi connectivity index (χ0n) is 16.8. The highest BCUT2D eigenvalue weighted by atomic mass is 79.9. The lowest BCUT2D eigenvalue weighted by Crippen LogP contribution is -2.29. The molecule has 0 saturated heterocycles. The SMILES string of the molecule is Cc1ccc(N2C(=O)c3oc4ccc(Br)cc4c(=O)c3C2c2cccc(Br)c2)cc1C. The molecule has 0 bridgehead atoms. The van der Waals surface area contributed by atoms with Crippen LogP contribution in [0.5, 0.6) is 0 Å². The number of aryl methyl sites for hydroxylation is 2. The summed E-state index contributed by atoms with van der Waals surface area (Å²) >= 11 is 6.95. The quantitative estimate of drug-likeness (QED) is 0.286. The highest BCUT2D eigenvalue weighted by Gasteiger charge is 2.43. The highest BCUT2D eigenvalue weighted by molar-refractivity contribution is 9.10. The second kappa shape index (κ2) is 7.46. The van der Waals surface area contributed by atoms with E-state index in [9.17, 15) is 9.59 Å². The fourth-order valence-electron chi connectivity index (χ4n) is 4.08. The van der Waals surface area contributed by atoms with Crippen molar-refractivity contribution in [1.82, 2.24) is 0 Å². The van der Waals surface area contributed by atoms with Gasteiger partial charge in [0.15, 0.2) is 5.43 Å². The van der Waals surface area contributed by atoms with Crippen molar-refractivity contribution in [2.45, 2.75) is 19.9 Å². The van der Waals surface area contributed by atoms with Gasteiger partial charge in [0.05, 0.1) is 17.0 Å². The number of amides is 1. The minimum atomic E-state index is -0.582. The Kier molecular flexibility index (Phi) is 4.87. The smallest absolute Gasteiger partial charge is 0.295 e. The van der Waals surface area contributed by atoms with Gasteiger partial charge in [0, 0.05) is 14.6 Å². The first kappa shape index (κ1) is 20.2. The molecule has 2 heterocycles. The lowest BCUT2D eigenvalue weighted by molar-refractivity contribution is 0.0971. The lowest BCUT2D eigenvalue weighted by atomic mass is 9.98. The van der Waals surface area contributed by atoms with Crippen molar-refractivity contribution in [2.24, 2.45) is 0 Å². The maximum absolute atomic E-state index is 13.6. The van der Waals surface area contributed by atoms with Crippen molar-refractivity contribution < 1.29 is 9.21 Å². The van der Waals surface area contributed by atoms with Gasteiger partial charge in [0.25, 0.3) is 5.91 Å². The number of carbonyl (C=O) groups is 1. The van der Waals surface area contributed by atoms with Crippen LogP contribution in [0.2, 0.25) is 0 Å². The van der Waals surface area contributed by atoms with Crippen LogP contribution in [0.3, 0.4) is 0 Å². The Bertz CT molecular complexity index is 1440. The van der Waals surface area contributed by atoms with E-state index in [1.807, 2.05) is 56.3 Å². The number of carbonyl (C=O) groups excluding carboxylic acids is 1. The first-order chi connectivity index (χ1) is 14.8. The molecule has 1 unspecified atom stereocenters. The highest BCUT2D eigenvalue weighted by Crippen LogP contribution is 2.42. The van der Waals surface area contributed by atoms with Crippen molar-refractivity contribution in [3.63, 3.8) is 0 Å². The Morgan fingerprint density at radius 1 is 0.871 bits per heavy atom. The number of rotatable bonds is 2. The largest absolute Gasteiger partial charge is 0.450 e. The molecule has 0 radical (unpaired) electrons. The molecule has 1 aliphatic rings. The summed E-state index contributed by atoms with van der Waals surface area (Å²) in [6.07, 6.45) is 0. The maximum atomic E-state index is 13.6. The number of nitrogens with zero attached hydrogens (tertiary/aromatic N) is 1. The Hall–Kier alpha value is -2.70. The molecule has 4 nitrogen and oxygen atoms in total. The van der Waals surface area contributed by atoms with Crippen LogP contribution in [0.1, 0.15) is 38.9 Å². The van der Waals surface area contributed by atoms with Crippen LogP contribution in [0.4, 0.5) is 5.69 Å². The summed E-state index contributed by atoms with van der Waals surface area (Å²) in [6, 6.07) is 18.2. The summed E-state index contributed by atoms with van der Waals surface area (Å²) in [5.74, 6) is -0.215. The van der Waals surface area contributed by atoms with E-state index in [4.69, 9.17) is 4.42 Å². The molecule has 1 amide bonds. The molecule has 1 aliphatic heterocycles. The van der Waals surface area contributed by atoms with Gasteiger partial charge < -0.3 is 4.42 Å². The van der Waals surface area contributed by atoms with Crippen LogP contribution in [0.15, 0.2) is 78.8 Å². The van der Waals surface area contributed by atoms with Crippen LogP contribution in [0, 0.1) is 13.8 Å². The molecule has 0 spiro atoms. The summed E-state index contributed by atoms with van der Waals surface area (Å²) in [5, 5.41) is 0.447. The van der Waals surface area contributed by atoms with Gasteiger partial charge in [0.2, 0.25) is 5.76 Å². The van der Waals surface area contributed by atoms with E-state index in [1.165, 1.54) is 0 Å². The van der Waals surface area contributed by atoms with Crippen LogP contribution in [-0.2, 0) is 0 Å². The third kappa shape index (κ3) is 3.25. The van der Waals surface area contributed by atoms with E-state index in [0.717, 1.165) is 31.3 Å². The Labute approximate surface area is 195 Å². The van der Waals surface area contributed by atoms with E-state index in [-0.39, 0.29) is 17.1 Å². The first-order valence-corrected chi connectivity index (χ1v) is 11.4. The third-order valence-electron chi connectivity index (χ3n) is 5.77. The molecule has 31 heavy (non-hydrogen) atoms. The average Bonchev–Trinajstić information content (AvgIpc) is 3.03. The molecule has 0 saturated carbocycles. The van der Waals surface area contributed by atoms with E-state index >= 15 is 0 Å². The monoisotopic (exact) mass is 537 g/mol. The van der Waals surface area contributed by atoms with Crippen molar-refractivity contribution in [2.75, 3.05) is 4.90 Å². The van der Waals surface area contributed by atoms with Crippen LogP contribution < -0.4 is 10.3 Å². The van der Waals surface area contributed by atoms with Gasteiger partial charge in [-0.3, -0.25) is 14.5 Å². The zero-order chi connectivity index (χ0) is 21.9. The van der Waals surface area contributed by atoms with E-state index < -0.39 is 6.04 Å². The second-order valence-electron chi connectivity index (χ2n) is 7.72. The molecule has 0 aliphatic carbocycles.